The fourth-order valence-electron chi connectivity index (χ4n) is 3.00. The highest BCUT2D eigenvalue weighted by Gasteiger charge is 2.17. The minimum absolute atomic E-state index is 0.149. The summed E-state index contributed by atoms with van der Waals surface area (Å²) in [5, 5.41) is 2.80. The van der Waals surface area contributed by atoms with Gasteiger partial charge in [-0.2, -0.15) is 0 Å². The van der Waals surface area contributed by atoms with Gasteiger partial charge in [-0.3, -0.25) is 9.52 Å². The Morgan fingerprint density at radius 1 is 0.900 bits per heavy atom. The fourth-order valence-corrected chi connectivity index (χ4v) is 4.14. The summed E-state index contributed by atoms with van der Waals surface area (Å²) in [4.78, 5) is 12.9. The molecule has 0 aliphatic carbocycles. The van der Waals surface area contributed by atoms with Crippen molar-refractivity contribution >= 4 is 27.3 Å². The molecule has 0 atom stereocenters. The predicted octanol–water partition coefficient (Wildman–Crippen LogP) is 3.82. The molecule has 0 unspecified atom stereocenters. The van der Waals surface area contributed by atoms with E-state index in [0.717, 1.165) is 0 Å². The lowest BCUT2D eigenvalue weighted by Gasteiger charge is -2.19. The van der Waals surface area contributed by atoms with Gasteiger partial charge in [0.1, 0.15) is 13.2 Å². The van der Waals surface area contributed by atoms with E-state index in [1.54, 1.807) is 55.5 Å². The molecule has 2 N–H and O–H groups in total. The van der Waals surface area contributed by atoms with Crippen molar-refractivity contribution in [1.29, 1.82) is 0 Å². The van der Waals surface area contributed by atoms with Crippen LogP contribution in [0, 0.1) is 6.92 Å². The van der Waals surface area contributed by atoms with Crippen molar-refractivity contribution in [2.24, 2.45) is 0 Å². The normalized spacial score (nSPS) is 12.8. The van der Waals surface area contributed by atoms with Crippen molar-refractivity contribution in [3.8, 4) is 11.5 Å². The van der Waals surface area contributed by atoms with E-state index in [1.807, 2.05) is 0 Å². The minimum atomic E-state index is -3.76. The van der Waals surface area contributed by atoms with E-state index in [9.17, 15) is 13.2 Å². The predicted molar refractivity (Wildman–Crippen MR) is 114 cm³/mol. The highest BCUT2D eigenvalue weighted by Crippen LogP contribution is 2.32. The molecule has 4 rings (SSSR count). The Balaban J connectivity index is 1.55. The molecular weight excluding hydrogens is 404 g/mol. The second-order valence-electron chi connectivity index (χ2n) is 6.76. The summed E-state index contributed by atoms with van der Waals surface area (Å²) in [7, 11) is -3.76. The van der Waals surface area contributed by atoms with Gasteiger partial charge in [0.25, 0.3) is 15.9 Å². The maximum atomic E-state index is 12.7. The zero-order valence-electron chi connectivity index (χ0n) is 16.2. The van der Waals surface area contributed by atoms with Gasteiger partial charge in [-0.05, 0) is 48.9 Å². The van der Waals surface area contributed by atoms with Crippen molar-refractivity contribution in [2.75, 3.05) is 23.3 Å². The van der Waals surface area contributed by atoms with E-state index in [0.29, 0.717) is 47.2 Å². The van der Waals surface area contributed by atoms with E-state index < -0.39 is 10.0 Å². The first kappa shape index (κ1) is 19.8. The molecule has 0 saturated carbocycles. The van der Waals surface area contributed by atoms with Crippen molar-refractivity contribution in [1.82, 2.24) is 0 Å². The molecular formula is C22H20N2O5S. The molecule has 0 fully saturated rings. The molecule has 30 heavy (non-hydrogen) atoms. The SMILES string of the molecule is Cc1ccc(C(=O)Nc2ccc3c(c2)OCCO3)cc1NS(=O)(=O)c1ccccc1. The summed E-state index contributed by atoms with van der Waals surface area (Å²) in [6.07, 6.45) is 0. The number of carbonyl (C=O) groups is 1. The Bertz CT molecular complexity index is 1190. The van der Waals surface area contributed by atoms with Crippen LogP contribution in [-0.4, -0.2) is 27.5 Å². The number of amides is 1. The molecule has 154 valence electrons. The van der Waals surface area contributed by atoms with Crippen molar-refractivity contribution in [3.05, 3.63) is 77.9 Å². The molecule has 1 aliphatic heterocycles. The van der Waals surface area contributed by atoms with Crippen LogP contribution in [0.2, 0.25) is 0 Å². The highest BCUT2D eigenvalue weighted by molar-refractivity contribution is 7.92. The van der Waals surface area contributed by atoms with Gasteiger partial charge >= 0.3 is 0 Å². The van der Waals surface area contributed by atoms with Gasteiger partial charge in [-0.15, -0.1) is 0 Å². The first-order valence-corrected chi connectivity index (χ1v) is 10.8. The summed E-state index contributed by atoms with van der Waals surface area (Å²) in [5.74, 6) is 0.832. The number of nitrogens with one attached hydrogen (secondary N) is 2. The summed E-state index contributed by atoms with van der Waals surface area (Å²) < 4.78 is 38.8. The fraction of sp³-hybridized carbons (Fsp3) is 0.136. The lowest BCUT2D eigenvalue weighted by Crippen LogP contribution is -2.17. The van der Waals surface area contributed by atoms with Crippen LogP contribution in [0.5, 0.6) is 11.5 Å². The number of carbonyl (C=O) groups excluding carboxylic acids is 1. The van der Waals surface area contributed by atoms with Gasteiger partial charge in [0.15, 0.2) is 11.5 Å². The molecule has 0 aromatic heterocycles. The zero-order chi connectivity index (χ0) is 21.1. The van der Waals surface area contributed by atoms with Gasteiger partial charge in [-0.25, -0.2) is 8.42 Å². The quantitative estimate of drug-likeness (QED) is 0.649. The molecule has 0 saturated heterocycles. The number of hydrogen-bond acceptors (Lipinski definition) is 5. The van der Waals surface area contributed by atoms with Gasteiger partial charge in [0.05, 0.1) is 10.6 Å². The summed E-state index contributed by atoms with van der Waals surface area (Å²) in [6, 6.07) is 18.1. The number of hydrogen-bond donors (Lipinski definition) is 2. The average Bonchev–Trinajstić information content (AvgIpc) is 2.75. The van der Waals surface area contributed by atoms with Gasteiger partial charge in [-0.1, -0.05) is 24.3 Å². The number of benzene rings is 3. The number of ether oxygens (including phenoxy) is 2. The molecule has 0 bridgehead atoms. The summed E-state index contributed by atoms with van der Waals surface area (Å²) in [5.41, 5.74) is 1.91. The van der Waals surface area contributed by atoms with Crippen molar-refractivity contribution in [2.45, 2.75) is 11.8 Å². The van der Waals surface area contributed by atoms with Crippen molar-refractivity contribution in [3.63, 3.8) is 0 Å². The van der Waals surface area contributed by atoms with E-state index in [4.69, 9.17) is 9.47 Å². The van der Waals surface area contributed by atoms with E-state index in [1.165, 1.54) is 18.2 Å². The van der Waals surface area contributed by atoms with Gasteiger partial charge in [0, 0.05) is 17.3 Å². The zero-order valence-corrected chi connectivity index (χ0v) is 17.0. The van der Waals surface area contributed by atoms with Crippen LogP contribution in [0.1, 0.15) is 15.9 Å². The number of sulfonamides is 1. The smallest absolute Gasteiger partial charge is 0.261 e. The third kappa shape index (κ3) is 4.23. The Hall–Kier alpha value is -3.52. The molecule has 0 radical (unpaired) electrons. The first-order chi connectivity index (χ1) is 14.4. The second kappa shape index (κ2) is 8.08. The number of fused-ring (bicyclic) bond motifs is 1. The standard InChI is InChI=1S/C22H20N2O5S/c1-15-7-8-16(13-19(15)24-30(26,27)18-5-3-2-4-6-18)22(25)23-17-9-10-20-21(14-17)29-12-11-28-20/h2-10,13-14,24H,11-12H2,1H3,(H,23,25). The van der Waals surface area contributed by atoms with E-state index >= 15 is 0 Å². The Labute approximate surface area is 174 Å². The van der Waals surface area contributed by atoms with Crippen LogP contribution >= 0.6 is 0 Å². The molecule has 3 aromatic carbocycles. The maximum absolute atomic E-state index is 12.7. The molecule has 0 spiro atoms. The van der Waals surface area contributed by atoms with Crippen LogP contribution in [0.4, 0.5) is 11.4 Å². The molecule has 1 heterocycles. The third-order valence-electron chi connectivity index (χ3n) is 4.60. The minimum Gasteiger partial charge on any atom is -0.486 e. The second-order valence-corrected chi connectivity index (χ2v) is 8.44. The Morgan fingerprint density at radius 3 is 2.40 bits per heavy atom. The van der Waals surface area contributed by atoms with Crippen LogP contribution in [-0.2, 0) is 10.0 Å². The molecule has 3 aromatic rings. The van der Waals surface area contributed by atoms with Crippen molar-refractivity contribution < 1.29 is 22.7 Å². The van der Waals surface area contributed by atoms with E-state index in [2.05, 4.69) is 10.0 Å². The molecule has 8 heteroatoms. The van der Waals surface area contributed by atoms with Crippen LogP contribution in [0.3, 0.4) is 0 Å². The number of anilines is 2. The summed E-state index contributed by atoms with van der Waals surface area (Å²) >= 11 is 0. The lowest BCUT2D eigenvalue weighted by atomic mass is 10.1. The Kier molecular flexibility index (Phi) is 5.33. The monoisotopic (exact) mass is 424 g/mol. The Morgan fingerprint density at radius 2 is 1.63 bits per heavy atom. The van der Waals surface area contributed by atoms with E-state index in [-0.39, 0.29) is 10.8 Å². The van der Waals surface area contributed by atoms with Gasteiger partial charge < -0.3 is 14.8 Å². The van der Waals surface area contributed by atoms with Crippen LogP contribution in [0.25, 0.3) is 0 Å². The largest absolute Gasteiger partial charge is 0.486 e. The molecule has 1 amide bonds. The van der Waals surface area contributed by atoms with Gasteiger partial charge in [0.2, 0.25) is 0 Å². The van der Waals surface area contributed by atoms with Crippen LogP contribution in [0.15, 0.2) is 71.6 Å². The first-order valence-electron chi connectivity index (χ1n) is 9.32. The van der Waals surface area contributed by atoms with Crippen LogP contribution < -0.4 is 19.5 Å². The number of rotatable bonds is 5. The summed E-state index contributed by atoms with van der Waals surface area (Å²) in [6.45, 7) is 2.71. The third-order valence-corrected chi connectivity index (χ3v) is 5.98. The maximum Gasteiger partial charge on any atom is 0.261 e. The molecule has 7 nitrogen and oxygen atoms in total. The topological polar surface area (TPSA) is 93.7 Å². The lowest BCUT2D eigenvalue weighted by molar-refractivity contribution is 0.102. The highest BCUT2D eigenvalue weighted by atomic mass is 32.2. The molecule has 1 aliphatic rings. The average molecular weight is 424 g/mol. The number of aryl methyl sites for hydroxylation is 1.